The molecule has 3 unspecified atom stereocenters. The summed E-state index contributed by atoms with van der Waals surface area (Å²) in [6.45, 7) is 1.53. The molecule has 1 saturated heterocycles. The van der Waals surface area contributed by atoms with Crippen molar-refractivity contribution in [1.82, 2.24) is 4.90 Å². The molecular formula is C15H19Cl3N2O. The summed E-state index contributed by atoms with van der Waals surface area (Å²) in [4.78, 5) is 14.4. The third kappa shape index (κ3) is 3.65. The number of rotatable bonds is 2. The van der Waals surface area contributed by atoms with Crippen LogP contribution in [0, 0.1) is 5.92 Å². The quantitative estimate of drug-likeness (QED) is 0.888. The summed E-state index contributed by atoms with van der Waals surface area (Å²) < 4.78 is 0. The molecule has 0 bridgehead atoms. The number of nitrogens with zero attached hydrogens (tertiary/aromatic N) is 1. The van der Waals surface area contributed by atoms with Crippen LogP contribution < -0.4 is 5.73 Å². The molecule has 0 radical (unpaired) electrons. The van der Waals surface area contributed by atoms with E-state index in [0.717, 1.165) is 31.4 Å². The maximum Gasteiger partial charge on any atom is 0.226 e. The number of likely N-dealkylation sites (tertiary alicyclic amines) is 1. The van der Waals surface area contributed by atoms with Crippen molar-refractivity contribution in [1.29, 1.82) is 0 Å². The third-order valence-electron chi connectivity index (χ3n) is 4.24. The number of halogens is 3. The molecule has 2 aliphatic rings. The Balaban J connectivity index is 0.00000161. The molecule has 1 aliphatic carbocycles. The Hall–Kier alpha value is -0.480. The van der Waals surface area contributed by atoms with Gasteiger partial charge in [0, 0.05) is 35.1 Å². The summed E-state index contributed by atoms with van der Waals surface area (Å²) in [6, 6.07) is 5.64. The van der Waals surface area contributed by atoms with Crippen LogP contribution in [0.3, 0.4) is 0 Å². The van der Waals surface area contributed by atoms with E-state index in [4.69, 9.17) is 28.9 Å². The molecule has 6 heteroatoms. The van der Waals surface area contributed by atoms with Gasteiger partial charge >= 0.3 is 0 Å². The summed E-state index contributed by atoms with van der Waals surface area (Å²) in [7, 11) is 0. The number of carbonyl (C=O) groups excluding carboxylic acids is 1. The fourth-order valence-corrected chi connectivity index (χ4v) is 3.61. The van der Waals surface area contributed by atoms with Crippen molar-refractivity contribution in [2.24, 2.45) is 11.7 Å². The predicted molar refractivity (Wildman–Crippen MR) is 88.3 cm³/mol. The van der Waals surface area contributed by atoms with E-state index in [1.165, 1.54) is 0 Å². The SMILES string of the molecule is Cl.NC1CCCN(C(=O)C2CC2c2ccc(Cl)cc2Cl)C1. The van der Waals surface area contributed by atoms with E-state index >= 15 is 0 Å². The predicted octanol–water partition coefficient (Wildman–Crippen LogP) is 3.47. The Bertz CT molecular complexity index is 538. The number of nitrogens with two attached hydrogens (primary N) is 1. The van der Waals surface area contributed by atoms with Crippen LogP contribution in [0.15, 0.2) is 18.2 Å². The second-order valence-corrected chi connectivity index (χ2v) is 6.64. The second kappa shape index (κ2) is 6.74. The maximum absolute atomic E-state index is 12.5. The first-order valence-corrected chi connectivity index (χ1v) is 7.81. The lowest BCUT2D eigenvalue weighted by molar-refractivity contribution is -0.133. The highest BCUT2D eigenvalue weighted by Crippen LogP contribution is 2.50. The van der Waals surface area contributed by atoms with Gasteiger partial charge < -0.3 is 10.6 Å². The lowest BCUT2D eigenvalue weighted by Crippen LogP contribution is -2.46. The zero-order valence-corrected chi connectivity index (χ0v) is 13.9. The van der Waals surface area contributed by atoms with Crippen LogP contribution in [0.2, 0.25) is 10.0 Å². The molecule has 0 spiro atoms. The molecule has 21 heavy (non-hydrogen) atoms. The molecular weight excluding hydrogens is 331 g/mol. The number of hydrogen-bond acceptors (Lipinski definition) is 2. The lowest BCUT2D eigenvalue weighted by atomic mass is 10.0. The monoisotopic (exact) mass is 348 g/mol. The normalized spacial score (nSPS) is 28.0. The fraction of sp³-hybridized carbons (Fsp3) is 0.533. The van der Waals surface area contributed by atoms with Crippen LogP contribution in [0.5, 0.6) is 0 Å². The van der Waals surface area contributed by atoms with Crippen LogP contribution in [0.25, 0.3) is 0 Å². The van der Waals surface area contributed by atoms with Crippen LogP contribution in [0.4, 0.5) is 0 Å². The number of piperidine rings is 1. The highest BCUT2D eigenvalue weighted by molar-refractivity contribution is 6.35. The topological polar surface area (TPSA) is 46.3 Å². The van der Waals surface area contributed by atoms with Gasteiger partial charge in [-0.2, -0.15) is 0 Å². The van der Waals surface area contributed by atoms with E-state index in [0.29, 0.717) is 16.6 Å². The van der Waals surface area contributed by atoms with Gasteiger partial charge in [-0.3, -0.25) is 4.79 Å². The standard InChI is InChI=1S/C15H18Cl2N2O.ClH/c16-9-3-4-11(14(17)6-9)12-7-13(12)15(20)19-5-1-2-10(18)8-19;/h3-4,6,10,12-13H,1-2,5,7-8,18H2;1H. The van der Waals surface area contributed by atoms with Gasteiger partial charge in [-0.1, -0.05) is 29.3 Å². The van der Waals surface area contributed by atoms with Gasteiger partial charge in [-0.25, -0.2) is 0 Å². The van der Waals surface area contributed by atoms with Crippen LogP contribution >= 0.6 is 35.6 Å². The van der Waals surface area contributed by atoms with Crippen molar-refractivity contribution in [2.75, 3.05) is 13.1 Å². The number of benzene rings is 1. The van der Waals surface area contributed by atoms with Gasteiger partial charge in [0.25, 0.3) is 0 Å². The summed E-state index contributed by atoms with van der Waals surface area (Å²) in [6.07, 6.45) is 2.90. The largest absolute Gasteiger partial charge is 0.341 e. The van der Waals surface area contributed by atoms with Gasteiger partial charge in [0.1, 0.15) is 0 Å². The van der Waals surface area contributed by atoms with Crippen molar-refractivity contribution in [2.45, 2.75) is 31.2 Å². The number of hydrogen-bond donors (Lipinski definition) is 1. The highest BCUT2D eigenvalue weighted by Gasteiger charge is 2.46. The summed E-state index contributed by atoms with van der Waals surface area (Å²) in [5.41, 5.74) is 6.98. The van der Waals surface area contributed by atoms with Crippen molar-refractivity contribution >= 4 is 41.5 Å². The molecule has 1 amide bonds. The minimum Gasteiger partial charge on any atom is -0.341 e. The third-order valence-corrected chi connectivity index (χ3v) is 4.80. The van der Waals surface area contributed by atoms with E-state index in [2.05, 4.69) is 0 Å². The summed E-state index contributed by atoms with van der Waals surface area (Å²) in [5.74, 6) is 0.542. The highest BCUT2D eigenvalue weighted by atomic mass is 35.5. The van der Waals surface area contributed by atoms with Gasteiger partial charge in [0.05, 0.1) is 0 Å². The molecule has 1 heterocycles. The van der Waals surface area contributed by atoms with Crippen molar-refractivity contribution in [3.05, 3.63) is 33.8 Å². The Labute approximate surface area is 141 Å². The van der Waals surface area contributed by atoms with Gasteiger partial charge in [-0.05, 0) is 42.9 Å². The number of carbonyl (C=O) groups is 1. The molecule has 2 fully saturated rings. The van der Waals surface area contributed by atoms with Crippen molar-refractivity contribution < 1.29 is 4.79 Å². The van der Waals surface area contributed by atoms with Crippen LogP contribution in [-0.2, 0) is 4.79 Å². The average molecular weight is 350 g/mol. The van der Waals surface area contributed by atoms with Crippen LogP contribution in [-0.4, -0.2) is 29.9 Å². The van der Waals surface area contributed by atoms with Gasteiger partial charge in [0.2, 0.25) is 5.91 Å². The Morgan fingerprint density at radius 3 is 2.76 bits per heavy atom. The molecule has 3 nitrogen and oxygen atoms in total. The van der Waals surface area contributed by atoms with E-state index in [1.54, 1.807) is 6.07 Å². The molecule has 1 saturated carbocycles. The van der Waals surface area contributed by atoms with Gasteiger partial charge in [0.15, 0.2) is 0 Å². The molecule has 1 aromatic carbocycles. The minimum absolute atomic E-state index is 0. The number of amides is 1. The maximum atomic E-state index is 12.5. The first-order chi connectivity index (χ1) is 9.56. The van der Waals surface area contributed by atoms with Crippen molar-refractivity contribution in [3.8, 4) is 0 Å². The Kier molecular flexibility index (Phi) is 5.42. The molecule has 116 valence electrons. The average Bonchev–Trinajstić information content (AvgIpc) is 3.18. The van der Waals surface area contributed by atoms with E-state index in [9.17, 15) is 4.79 Å². The molecule has 0 aromatic heterocycles. The minimum atomic E-state index is 0. The van der Waals surface area contributed by atoms with E-state index < -0.39 is 0 Å². The van der Waals surface area contributed by atoms with Gasteiger partial charge in [-0.15, -0.1) is 12.4 Å². The van der Waals surface area contributed by atoms with Crippen LogP contribution in [0.1, 0.15) is 30.7 Å². The Morgan fingerprint density at radius 2 is 2.10 bits per heavy atom. The van der Waals surface area contributed by atoms with E-state index in [-0.39, 0.29) is 36.2 Å². The van der Waals surface area contributed by atoms with E-state index in [1.807, 2.05) is 17.0 Å². The lowest BCUT2D eigenvalue weighted by Gasteiger charge is -2.31. The molecule has 1 aliphatic heterocycles. The summed E-state index contributed by atoms with van der Waals surface area (Å²) >= 11 is 12.1. The fourth-order valence-electron chi connectivity index (χ4n) is 3.06. The smallest absolute Gasteiger partial charge is 0.226 e. The molecule has 3 rings (SSSR count). The molecule has 2 N–H and O–H groups in total. The first-order valence-electron chi connectivity index (χ1n) is 7.05. The summed E-state index contributed by atoms with van der Waals surface area (Å²) in [5, 5.41) is 1.29. The zero-order valence-electron chi connectivity index (χ0n) is 11.6. The molecule has 1 aromatic rings. The first kappa shape index (κ1) is 16.9. The Morgan fingerprint density at radius 1 is 1.33 bits per heavy atom. The van der Waals surface area contributed by atoms with Crippen molar-refractivity contribution in [3.63, 3.8) is 0 Å². The zero-order chi connectivity index (χ0) is 14.3. The second-order valence-electron chi connectivity index (χ2n) is 5.80. The molecule has 3 atom stereocenters.